The lowest BCUT2D eigenvalue weighted by Crippen LogP contribution is -2.41. The maximum atomic E-state index is 13.6. The molecule has 1 saturated heterocycles. The fourth-order valence-electron chi connectivity index (χ4n) is 6.72. The fourth-order valence-corrected chi connectivity index (χ4v) is 8.50. The Hall–Kier alpha value is -1.95. The van der Waals surface area contributed by atoms with Gasteiger partial charge in [-0.25, -0.2) is 0 Å². The summed E-state index contributed by atoms with van der Waals surface area (Å²) in [5.74, 6) is 0.725. The molecule has 2 heterocycles. The number of halogens is 5. The minimum atomic E-state index is -9.87. The monoisotopic (exact) mass is 673 g/mol. The molecule has 0 unspecified atom stereocenters. The summed E-state index contributed by atoms with van der Waals surface area (Å²) >= 11 is 0. The van der Waals surface area contributed by atoms with Crippen LogP contribution in [0.5, 0.6) is 0 Å². The molecule has 0 spiro atoms. The Kier molecular flexibility index (Phi) is 8.24. The van der Waals surface area contributed by atoms with E-state index in [0.717, 1.165) is 72.5 Å². The average Bonchev–Trinajstić information content (AvgIpc) is 3.36. The average molecular weight is 674 g/mol. The highest BCUT2D eigenvalue weighted by Crippen LogP contribution is 3.02. The van der Waals surface area contributed by atoms with Gasteiger partial charge in [-0.1, -0.05) is 66.2 Å². The van der Waals surface area contributed by atoms with Crippen molar-refractivity contribution in [3.63, 3.8) is 0 Å². The van der Waals surface area contributed by atoms with Gasteiger partial charge in [0.05, 0.1) is 11.5 Å². The zero-order valence-corrected chi connectivity index (χ0v) is 29.3. The molecule has 2 aromatic rings. The quantitative estimate of drug-likeness (QED) is 0.235. The van der Waals surface area contributed by atoms with Gasteiger partial charge in [0.1, 0.15) is 11.0 Å². The third-order valence-corrected chi connectivity index (χ3v) is 15.9. The molecular formula is C34H48F5NO3SSi. The largest absolute Gasteiger partial charge is 0.546 e. The first-order valence-corrected chi connectivity index (χ1v) is 20.9. The van der Waals surface area contributed by atoms with Crippen molar-refractivity contribution in [3.05, 3.63) is 69.7 Å². The SMILES string of the molecule is CC1(C)CCc2c(nc(C3CCOCC3)c([C@H](O)c3ccc(S(F)(F)(F)(F)F)cc3)c2[C@@H]2CCC=C2O[Si](C)(C)C(C)(C)C)C1. The van der Waals surface area contributed by atoms with E-state index in [-0.39, 0.29) is 27.9 Å². The Bertz CT molecular complexity index is 1480. The summed E-state index contributed by atoms with van der Waals surface area (Å²) in [7, 11) is -12.1. The van der Waals surface area contributed by atoms with Gasteiger partial charge in [-0.05, 0) is 103 Å². The molecule has 0 radical (unpaired) electrons. The summed E-state index contributed by atoms with van der Waals surface area (Å²) in [6, 6.07) is 2.75. The second-order valence-electron chi connectivity index (χ2n) is 15.5. The van der Waals surface area contributed by atoms with Crippen LogP contribution < -0.4 is 0 Å². The van der Waals surface area contributed by atoms with Crippen LogP contribution in [0.4, 0.5) is 19.4 Å². The van der Waals surface area contributed by atoms with Crippen LogP contribution in [0.25, 0.3) is 0 Å². The molecule has 2 aliphatic carbocycles. The number of aromatic nitrogens is 1. The van der Waals surface area contributed by atoms with Gasteiger partial charge < -0.3 is 14.3 Å². The first kappa shape index (κ1) is 34.4. The molecule has 0 amide bonds. The second-order valence-corrected chi connectivity index (χ2v) is 22.7. The van der Waals surface area contributed by atoms with Crippen LogP contribution in [0.2, 0.25) is 18.1 Å². The Morgan fingerprint density at radius 2 is 1.64 bits per heavy atom. The third-order valence-electron chi connectivity index (χ3n) is 10.4. The zero-order valence-electron chi connectivity index (χ0n) is 27.5. The molecule has 1 fully saturated rings. The predicted octanol–water partition coefficient (Wildman–Crippen LogP) is 11.0. The molecule has 45 heavy (non-hydrogen) atoms. The summed E-state index contributed by atoms with van der Waals surface area (Å²) in [5.41, 5.74) is 4.56. The van der Waals surface area contributed by atoms with E-state index in [1.54, 1.807) is 0 Å². The first-order valence-electron chi connectivity index (χ1n) is 16.0. The minimum Gasteiger partial charge on any atom is -0.546 e. The van der Waals surface area contributed by atoms with E-state index in [9.17, 15) is 24.5 Å². The van der Waals surface area contributed by atoms with Crippen molar-refractivity contribution in [1.82, 2.24) is 4.98 Å². The van der Waals surface area contributed by atoms with Gasteiger partial charge >= 0.3 is 10.2 Å². The van der Waals surface area contributed by atoms with Gasteiger partial charge in [-0.3, -0.25) is 4.98 Å². The van der Waals surface area contributed by atoms with Crippen LogP contribution in [0, 0.1) is 5.41 Å². The first-order chi connectivity index (χ1) is 20.5. The Morgan fingerprint density at radius 1 is 1.02 bits per heavy atom. The van der Waals surface area contributed by atoms with Crippen molar-refractivity contribution in [2.24, 2.45) is 5.41 Å². The molecule has 5 rings (SSSR count). The molecule has 252 valence electrons. The van der Waals surface area contributed by atoms with Crippen LogP contribution in [0.3, 0.4) is 0 Å². The lowest BCUT2D eigenvalue weighted by Gasteiger charge is -2.41. The number of pyridine rings is 1. The van der Waals surface area contributed by atoms with Crippen molar-refractivity contribution >= 4 is 18.5 Å². The molecule has 4 nitrogen and oxygen atoms in total. The van der Waals surface area contributed by atoms with E-state index in [4.69, 9.17) is 14.1 Å². The van der Waals surface area contributed by atoms with Crippen molar-refractivity contribution in [2.75, 3.05) is 13.2 Å². The number of aliphatic hydroxyl groups is 1. The number of hydrogen-bond donors (Lipinski definition) is 1. The maximum Gasteiger partial charge on any atom is 0.310 e. The zero-order chi connectivity index (χ0) is 33.3. The molecule has 3 aliphatic rings. The normalized spacial score (nSPS) is 23.5. The number of aliphatic hydroxyl groups excluding tert-OH is 1. The van der Waals surface area contributed by atoms with E-state index in [1.165, 1.54) is 0 Å². The summed E-state index contributed by atoms with van der Waals surface area (Å²) in [4.78, 5) is 3.30. The standard InChI is InChI=1S/C34H48F5NO3SSi/c1-33(2,3)45(6,7)43-28-10-8-9-26(28)29-25-15-18-34(4,5)21-27(25)40-31(22-16-19-42-20-17-22)30(29)32(41)23-11-13-24(14-12-23)44(35,36,37,38)39/h10-14,22,26,32,41H,8-9,15-21H2,1-7H3/t26-,32-/m1/s1. The van der Waals surface area contributed by atoms with Crippen molar-refractivity contribution in [1.29, 1.82) is 0 Å². The summed E-state index contributed by atoms with van der Waals surface area (Å²) in [6.07, 6.45) is 6.23. The number of allylic oxidation sites excluding steroid dienone is 2. The number of fused-ring (bicyclic) bond motifs is 1. The van der Waals surface area contributed by atoms with Gasteiger partial charge in [-0.15, -0.1) is 0 Å². The lowest BCUT2D eigenvalue weighted by atomic mass is 9.71. The Balaban J connectivity index is 1.72. The smallest absolute Gasteiger partial charge is 0.310 e. The van der Waals surface area contributed by atoms with Gasteiger partial charge in [0.25, 0.3) is 0 Å². The molecular weight excluding hydrogens is 626 g/mol. The fraction of sp³-hybridized carbons (Fsp3) is 0.618. The number of rotatable bonds is 7. The van der Waals surface area contributed by atoms with E-state index in [0.29, 0.717) is 43.8 Å². The number of ether oxygens (including phenoxy) is 1. The highest BCUT2D eigenvalue weighted by Gasteiger charge is 2.65. The number of hydrogen-bond acceptors (Lipinski definition) is 4. The minimum absolute atomic E-state index is 0.0170. The van der Waals surface area contributed by atoms with Crippen molar-refractivity contribution in [2.45, 2.75) is 121 Å². The topological polar surface area (TPSA) is 51.6 Å². The van der Waals surface area contributed by atoms with E-state index in [2.05, 4.69) is 53.8 Å². The molecule has 2 atom stereocenters. The predicted molar refractivity (Wildman–Crippen MR) is 173 cm³/mol. The molecule has 1 aromatic heterocycles. The van der Waals surface area contributed by atoms with Crippen LogP contribution in [-0.2, 0) is 22.0 Å². The van der Waals surface area contributed by atoms with Crippen LogP contribution in [-0.4, -0.2) is 31.6 Å². The molecule has 0 saturated carbocycles. The van der Waals surface area contributed by atoms with E-state index < -0.39 is 29.5 Å². The van der Waals surface area contributed by atoms with E-state index in [1.807, 2.05) is 0 Å². The van der Waals surface area contributed by atoms with Gasteiger partial charge in [-0.2, -0.15) is 0 Å². The van der Waals surface area contributed by atoms with Crippen LogP contribution in [0.1, 0.15) is 118 Å². The Morgan fingerprint density at radius 3 is 2.22 bits per heavy atom. The van der Waals surface area contributed by atoms with Gasteiger partial charge in [0, 0.05) is 36.3 Å². The van der Waals surface area contributed by atoms with E-state index >= 15 is 0 Å². The van der Waals surface area contributed by atoms with Crippen LogP contribution >= 0.6 is 10.2 Å². The second kappa shape index (κ2) is 10.8. The van der Waals surface area contributed by atoms with Crippen molar-refractivity contribution in [3.8, 4) is 0 Å². The molecule has 1 aliphatic heterocycles. The number of nitrogens with zero attached hydrogens (tertiary/aromatic N) is 1. The molecule has 1 N–H and O–H groups in total. The molecule has 11 heteroatoms. The molecule has 0 bridgehead atoms. The maximum absolute atomic E-state index is 13.6. The van der Waals surface area contributed by atoms with Crippen molar-refractivity contribution < 1.29 is 33.7 Å². The molecule has 1 aromatic carbocycles. The summed E-state index contributed by atoms with van der Waals surface area (Å²) in [5, 5.41) is 12.1. The third kappa shape index (κ3) is 7.16. The van der Waals surface area contributed by atoms with Crippen LogP contribution in [0.15, 0.2) is 41.0 Å². The summed E-state index contributed by atoms with van der Waals surface area (Å²) in [6.45, 7) is 16.5. The summed E-state index contributed by atoms with van der Waals surface area (Å²) < 4.78 is 80.6. The lowest BCUT2D eigenvalue weighted by molar-refractivity contribution is 0.0834. The van der Waals surface area contributed by atoms with Gasteiger partial charge in [0.15, 0.2) is 0 Å². The Labute approximate surface area is 265 Å². The highest BCUT2D eigenvalue weighted by atomic mass is 32.5. The number of benzene rings is 1. The van der Waals surface area contributed by atoms with Gasteiger partial charge in [0.2, 0.25) is 8.32 Å². The highest BCUT2D eigenvalue weighted by molar-refractivity contribution is 8.45.